The van der Waals surface area contributed by atoms with Crippen LogP contribution in [0.5, 0.6) is 0 Å². The van der Waals surface area contributed by atoms with Crippen molar-refractivity contribution in [3.05, 3.63) is 70.7 Å². The molecule has 1 N–H and O–H groups in total. The van der Waals surface area contributed by atoms with Gasteiger partial charge in [0.1, 0.15) is 0 Å². The Labute approximate surface area is 107 Å². The first kappa shape index (κ1) is 12.2. The molecule has 0 heterocycles. The molecule has 0 saturated heterocycles. The van der Waals surface area contributed by atoms with Crippen molar-refractivity contribution in [2.45, 2.75) is 18.9 Å². The molecule has 0 aromatic heterocycles. The number of hydrogen-bond donors (Lipinski definition) is 1. The summed E-state index contributed by atoms with van der Waals surface area (Å²) >= 11 is 5.81. The van der Waals surface area contributed by atoms with Crippen LogP contribution in [0, 0.1) is 0 Å². The highest BCUT2D eigenvalue weighted by molar-refractivity contribution is 6.30. The average Bonchev–Trinajstić information content (AvgIpc) is 2.38. The topological polar surface area (TPSA) is 20.2 Å². The summed E-state index contributed by atoms with van der Waals surface area (Å²) in [5.74, 6) is 0. The van der Waals surface area contributed by atoms with E-state index in [-0.39, 0.29) is 0 Å². The molecule has 0 unspecified atom stereocenters. The Hall–Kier alpha value is -1.31. The number of hydrogen-bond acceptors (Lipinski definition) is 1. The van der Waals surface area contributed by atoms with Crippen LogP contribution in [-0.4, -0.2) is 5.11 Å². The smallest absolute Gasteiger partial charge is 0.0793 e. The van der Waals surface area contributed by atoms with Crippen molar-refractivity contribution < 1.29 is 5.11 Å². The highest BCUT2D eigenvalue weighted by Gasteiger charge is 2.07. The van der Waals surface area contributed by atoms with Gasteiger partial charge < -0.3 is 5.11 Å². The SMILES string of the molecule is O[C@@H](CCc1ccccc1)c1ccc(Cl)cc1. The van der Waals surface area contributed by atoms with Crippen molar-refractivity contribution in [1.82, 2.24) is 0 Å². The van der Waals surface area contributed by atoms with Crippen LogP contribution >= 0.6 is 11.6 Å². The molecule has 0 saturated carbocycles. The third-order valence-corrected chi connectivity index (χ3v) is 3.06. The summed E-state index contributed by atoms with van der Waals surface area (Å²) in [6.07, 6.45) is 1.18. The minimum Gasteiger partial charge on any atom is -0.388 e. The Morgan fingerprint density at radius 1 is 0.941 bits per heavy atom. The summed E-state index contributed by atoms with van der Waals surface area (Å²) in [5.41, 5.74) is 2.17. The van der Waals surface area contributed by atoms with Crippen molar-refractivity contribution in [3.63, 3.8) is 0 Å². The highest BCUT2D eigenvalue weighted by Crippen LogP contribution is 2.20. The summed E-state index contributed by atoms with van der Waals surface area (Å²) in [5, 5.41) is 10.7. The van der Waals surface area contributed by atoms with Gasteiger partial charge in [-0.2, -0.15) is 0 Å². The molecular formula is C15H15ClO. The third kappa shape index (κ3) is 3.58. The molecular weight excluding hydrogens is 232 g/mol. The van der Waals surface area contributed by atoms with Crippen LogP contribution in [-0.2, 0) is 6.42 Å². The maximum atomic E-state index is 10.0. The maximum absolute atomic E-state index is 10.0. The zero-order chi connectivity index (χ0) is 12.1. The Morgan fingerprint density at radius 2 is 1.59 bits per heavy atom. The Kier molecular flexibility index (Phi) is 4.18. The zero-order valence-corrected chi connectivity index (χ0v) is 10.3. The van der Waals surface area contributed by atoms with Crippen molar-refractivity contribution in [2.75, 3.05) is 0 Å². The zero-order valence-electron chi connectivity index (χ0n) is 9.51. The lowest BCUT2D eigenvalue weighted by atomic mass is 10.0. The number of aliphatic hydroxyl groups is 1. The molecule has 0 bridgehead atoms. The molecule has 0 aliphatic carbocycles. The van der Waals surface area contributed by atoms with Crippen LogP contribution in [0.25, 0.3) is 0 Å². The number of rotatable bonds is 4. The van der Waals surface area contributed by atoms with Crippen LogP contribution in [0.2, 0.25) is 5.02 Å². The van der Waals surface area contributed by atoms with Gasteiger partial charge in [0.2, 0.25) is 0 Å². The fraction of sp³-hybridized carbons (Fsp3) is 0.200. The van der Waals surface area contributed by atoms with E-state index < -0.39 is 6.10 Å². The van der Waals surface area contributed by atoms with Gasteiger partial charge in [-0.25, -0.2) is 0 Å². The summed E-state index contributed by atoms with van der Waals surface area (Å²) in [7, 11) is 0. The summed E-state index contributed by atoms with van der Waals surface area (Å²) < 4.78 is 0. The minimum absolute atomic E-state index is 0.424. The number of aliphatic hydroxyl groups excluding tert-OH is 1. The van der Waals surface area contributed by atoms with E-state index in [1.807, 2.05) is 42.5 Å². The fourth-order valence-electron chi connectivity index (χ4n) is 1.80. The van der Waals surface area contributed by atoms with Gasteiger partial charge in [-0.05, 0) is 36.1 Å². The number of halogens is 1. The standard InChI is InChI=1S/C15H15ClO/c16-14-9-7-13(8-10-14)15(17)11-6-12-4-2-1-3-5-12/h1-5,7-10,15,17H,6,11H2/t15-/m0/s1. The van der Waals surface area contributed by atoms with Gasteiger partial charge in [-0.1, -0.05) is 54.1 Å². The molecule has 17 heavy (non-hydrogen) atoms. The molecule has 1 atom stereocenters. The normalized spacial score (nSPS) is 12.4. The molecule has 2 rings (SSSR count). The van der Waals surface area contributed by atoms with E-state index in [1.165, 1.54) is 5.56 Å². The van der Waals surface area contributed by atoms with Gasteiger partial charge >= 0.3 is 0 Å². The monoisotopic (exact) mass is 246 g/mol. The lowest BCUT2D eigenvalue weighted by Crippen LogP contribution is -1.99. The molecule has 1 nitrogen and oxygen atoms in total. The van der Waals surface area contributed by atoms with E-state index >= 15 is 0 Å². The van der Waals surface area contributed by atoms with Gasteiger partial charge in [-0.15, -0.1) is 0 Å². The second-order valence-corrected chi connectivity index (χ2v) is 4.53. The first-order chi connectivity index (χ1) is 8.25. The molecule has 2 aromatic carbocycles. The molecule has 0 aliphatic rings. The number of aryl methyl sites for hydroxylation is 1. The lowest BCUT2D eigenvalue weighted by Gasteiger charge is -2.10. The van der Waals surface area contributed by atoms with Crippen molar-refractivity contribution >= 4 is 11.6 Å². The van der Waals surface area contributed by atoms with E-state index in [2.05, 4.69) is 12.1 Å². The Morgan fingerprint density at radius 3 is 2.24 bits per heavy atom. The third-order valence-electron chi connectivity index (χ3n) is 2.80. The van der Waals surface area contributed by atoms with Gasteiger partial charge in [0, 0.05) is 5.02 Å². The van der Waals surface area contributed by atoms with Crippen molar-refractivity contribution in [3.8, 4) is 0 Å². The van der Waals surface area contributed by atoms with E-state index in [0.29, 0.717) is 5.02 Å². The number of benzene rings is 2. The molecule has 0 fully saturated rings. The average molecular weight is 247 g/mol. The van der Waals surface area contributed by atoms with Crippen molar-refractivity contribution in [1.29, 1.82) is 0 Å². The predicted octanol–water partition coefficient (Wildman–Crippen LogP) is 4.01. The Balaban J connectivity index is 1.93. The van der Waals surface area contributed by atoms with Crippen LogP contribution < -0.4 is 0 Å². The molecule has 2 aromatic rings. The predicted molar refractivity (Wildman–Crippen MR) is 71.2 cm³/mol. The maximum Gasteiger partial charge on any atom is 0.0793 e. The Bertz CT molecular complexity index is 450. The van der Waals surface area contributed by atoms with E-state index in [1.54, 1.807) is 0 Å². The molecule has 0 spiro atoms. The first-order valence-corrected chi connectivity index (χ1v) is 6.11. The van der Waals surface area contributed by atoms with E-state index in [4.69, 9.17) is 11.6 Å². The van der Waals surface area contributed by atoms with E-state index in [9.17, 15) is 5.11 Å². The van der Waals surface area contributed by atoms with Crippen LogP contribution in [0.15, 0.2) is 54.6 Å². The largest absolute Gasteiger partial charge is 0.388 e. The minimum atomic E-state index is -0.424. The summed E-state index contributed by atoms with van der Waals surface area (Å²) in [6.45, 7) is 0. The summed E-state index contributed by atoms with van der Waals surface area (Å²) in [4.78, 5) is 0. The molecule has 0 aliphatic heterocycles. The first-order valence-electron chi connectivity index (χ1n) is 5.73. The second-order valence-electron chi connectivity index (χ2n) is 4.09. The molecule has 2 heteroatoms. The quantitative estimate of drug-likeness (QED) is 0.864. The summed E-state index contributed by atoms with van der Waals surface area (Å²) in [6, 6.07) is 17.6. The van der Waals surface area contributed by atoms with Gasteiger partial charge in [0.25, 0.3) is 0 Å². The van der Waals surface area contributed by atoms with Crippen LogP contribution in [0.1, 0.15) is 23.7 Å². The second kappa shape index (κ2) is 5.85. The highest BCUT2D eigenvalue weighted by atomic mass is 35.5. The van der Waals surface area contributed by atoms with E-state index in [0.717, 1.165) is 18.4 Å². The van der Waals surface area contributed by atoms with Crippen molar-refractivity contribution in [2.24, 2.45) is 0 Å². The fourth-order valence-corrected chi connectivity index (χ4v) is 1.93. The molecule has 0 amide bonds. The molecule has 88 valence electrons. The van der Waals surface area contributed by atoms with Crippen LogP contribution in [0.4, 0.5) is 0 Å². The van der Waals surface area contributed by atoms with Gasteiger partial charge in [0.15, 0.2) is 0 Å². The van der Waals surface area contributed by atoms with Crippen LogP contribution in [0.3, 0.4) is 0 Å². The van der Waals surface area contributed by atoms with Gasteiger partial charge in [-0.3, -0.25) is 0 Å². The van der Waals surface area contributed by atoms with Gasteiger partial charge in [0.05, 0.1) is 6.10 Å². The lowest BCUT2D eigenvalue weighted by molar-refractivity contribution is 0.168. The molecule has 0 radical (unpaired) electrons.